The van der Waals surface area contributed by atoms with Crippen molar-refractivity contribution in [1.82, 2.24) is 4.98 Å². The van der Waals surface area contributed by atoms with E-state index in [1.54, 1.807) is 0 Å². The molecule has 0 amide bonds. The summed E-state index contributed by atoms with van der Waals surface area (Å²) in [5.41, 5.74) is -0.261. The topological polar surface area (TPSA) is 42.1 Å². The van der Waals surface area contributed by atoms with Crippen molar-refractivity contribution in [2.24, 2.45) is 0 Å². The molecule has 0 spiro atoms. The number of H-pyrrole nitrogens is 1. The van der Waals surface area contributed by atoms with E-state index in [0.29, 0.717) is 11.3 Å². The molecule has 6 heteroatoms. The van der Waals surface area contributed by atoms with Gasteiger partial charge in [-0.2, -0.15) is 13.2 Å². The maximum atomic E-state index is 13.1. The Morgan fingerprint density at radius 3 is 2.43 bits per heavy atom. The predicted octanol–water partition coefficient (Wildman–Crippen LogP) is 4.36. The first kappa shape index (κ1) is 16.6. The number of rotatable bonds is 4. The minimum atomic E-state index is -4.57. The van der Waals surface area contributed by atoms with Crippen LogP contribution < -0.4 is 10.2 Å². The molecular formula is C17H14F3NO2. The molecule has 1 N–H and O–H groups in total. The predicted molar refractivity (Wildman–Crippen MR) is 84.2 cm³/mol. The van der Waals surface area contributed by atoms with Gasteiger partial charge in [-0.05, 0) is 18.2 Å². The Balaban J connectivity index is 2.78. The minimum absolute atomic E-state index is 0.137. The number of para-hydroxylation sites is 1. The number of alkyl halides is 3. The molecule has 0 unspecified atom stereocenters. The van der Waals surface area contributed by atoms with Gasteiger partial charge in [-0.1, -0.05) is 25.3 Å². The second-order valence-electron chi connectivity index (χ2n) is 4.67. The molecule has 0 fully saturated rings. The van der Waals surface area contributed by atoms with E-state index in [4.69, 9.17) is 4.74 Å². The van der Waals surface area contributed by atoms with E-state index in [-0.39, 0.29) is 22.4 Å². The Bertz CT molecular complexity index is 820. The molecule has 0 aliphatic heterocycles. The Labute approximate surface area is 130 Å². The number of pyridine rings is 1. The summed E-state index contributed by atoms with van der Waals surface area (Å²) in [6, 6.07) is 4.84. The van der Waals surface area contributed by atoms with Crippen molar-refractivity contribution in [3.8, 4) is 17.0 Å². The molecule has 120 valence electrons. The first-order chi connectivity index (χ1) is 10.8. The number of halogens is 3. The zero-order valence-corrected chi connectivity index (χ0v) is 12.3. The number of aromatic amines is 1. The van der Waals surface area contributed by atoms with Gasteiger partial charge >= 0.3 is 6.18 Å². The van der Waals surface area contributed by atoms with Gasteiger partial charge in [0, 0.05) is 22.9 Å². The van der Waals surface area contributed by atoms with Gasteiger partial charge in [0.2, 0.25) is 0 Å². The van der Waals surface area contributed by atoms with Crippen molar-refractivity contribution in [3.05, 3.63) is 64.5 Å². The van der Waals surface area contributed by atoms with Crippen molar-refractivity contribution in [3.63, 3.8) is 0 Å². The number of nitrogens with one attached hydrogen (secondary N) is 1. The number of hydrogen-bond acceptors (Lipinski definition) is 2. The standard InChI is InChI=1S/C17H14F3NO2/c1-4-10-13(5-2)21-14(9-15(10)22)11-7-6-8-12(16(11)23-3)17(18,19)20/h4-9H,1-2H2,3H3,(H,21,22). The molecule has 23 heavy (non-hydrogen) atoms. The summed E-state index contributed by atoms with van der Waals surface area (Å²) in [6.07, 6.45) is -1.80. The Morgan fingerprint density at radius 1 is 1.22 bits per heavy atom. The van der Waals surface area contributed by atoms with Gasteiger partial charge in [0.15, 0.2) is 5.43 Å². The maximum absolute atomic E-state index is 13.1. The highest BCUT2D eigenvalue weighted by Crippen LogP contribution is 2.41. The van der Waals surface area contributed by atoms with Crippen LogP contribution in [0.2, 0.25) is 0 Å². The third-order valence-electron chi connectivity index (χ3n) is 3.32. The second kappa shape index (κ2) is 6.16. The van der Waals surface area contributed by atoms with Crippen LogP contribution in [0, 0.1) is 0 Å². The lowest BCUT2D eigenvalue weighted by Crippen LogP contribution is -2.11. The Kier molecular flexibility index (Phi) is 4.45. The summed E-state index contributed by atoms with van der Waals surface area (Å²) in [7, 11) is 1.15. The third-order valence-corrected chi connectivity index (χ3v) is 3.32. The normalized spacial score (nSPS) is 11.1. The molecule has 0 bridgehead atoms. The van der Waals surface area contributed by atoms with Crippen LogP contribution in [0.5, 0.6) is 5.75 Å². The van der Waals surface area contributed by atoms with Crippen molar-refractivity contribution in [2.45, 2.75) is 6.18 Å². The average Bonchev–Trinajstić information content (AvgIpc) is 2.52. The Morgan fingerprint density at radius 2 is 1.91 bits per heavy atom. The molecular weight excluding hydrogens is 307 g/mol. The lowest BCUT2D eigenvalue weighted by Gasteiger charge is -2.16. The molecule has 0 aliphatic rings. The van der Waals surface area contributed by atoms with E-state index < -0.39 is 11.7 Å². The summed E-state index contributed by atoms with van der Waals surface area (Å²) in [6.45, 7) is 7.13. The smallest absolute Gasteiger partial charge is 0.419 e. The van der Waals surface area contributed by atoms with Gasteiger partial charge in [-0.25, -0.2) is 0 Å². The number of aromatic nitrogens is 1. The van der Waals surface area contributed by atoms with Crippen LogP contribution in [0.4, 0.5) is 13.2 Å². The number of benzene rings is 1. The van der Waals surface area contributed by atoms with Crippen LogP contribution >= 0.6 is 0 Å². The molecule has 0 saturated heterocycles. The number of ether oxygens (including phenoxy) is 1. The maximum Gasteiger partial charge on any atom is 0.419 e. The molecule has 2 aromatic rings. The average molecular weight is 321 g/mol. The summed E-state index contributed by atoms with van der Waals surface area (Å²) in [5, 5.41) is 0. The zero-order valence-electron chi connectivity index (χ0n) is 12.3. The van der Waals surface area contributed by atoms with Gasteiger partial charge < -0.3 is 9.72 Å². The molecule has 0 radical (unpaired) electrons. The Hall–Kier alpha value is -2.76. The monoisotopic (exact) mass is 321 g/mol. The fraction of sp³-hybridized carbons (Fsp3) is 0.118. The lowest BCUT2D eigenvalue weighted by molar-refractivity contribution is -0.138. The highest BCUT2D eigenvalue weighted by atomic mass is 19.4. The molecule has 2 rings (SSSR count). The lowest BCUT2D eigenvalue weighted by atomic mass is 10.0. The summed E-state index contributed by atoms with van der Waals surface area (Å²) in [4.78, 5) is 15.0. The van der Waals surface area contributed by atoms with Crippen molar-refractivity contribution < 1.29 is 17.9 Å². The molecule has 1 heterocycles. The van der Waals surface area contributed by atoms with Crippen LogP contribution in [0.3, 0.4) is 0 Å². The van der Waals surface area contributed by atoms with Crippen LogP contribution in [0.15, 0.2) is 42.2 Å². The zero-order chi connectivity index (χ0) is 17.2. The number of hydrogen-bond donors (Lipinski definition) is 1. The first-order valence-electron chi connectivity index (χ1n) is 6.60. The van der Waals surface area contributed by atoms with Gasteiger partial charge in [-0.3, -0.25) is 4.79 Å². The third kappa shape index (κ3) is 3.06. The summed E-state index contributed by atoms with van der Waals surface area (Å²) in [5.74, 6) is -0.350. The SMILES string of the molecule is C=Cc1[nH]c(-c2cccc(C(F)(F)F)c2OC)cc(=O)c1C=C. The highest BCUT2D eigenvalue weighted by Gasteiger charge is 2.35. The van der Waals surface area contributed by atoms with Crippen LogP contribution in [0.25, 0.3) is 23.4 Å². The molecule has 0 atom stereocenters. The van der Waals surface area contributed by atoms with Gasteiger partial charge in [0.25, 0.3) is 0 Å². The van der Waals surface area contributed by atoms with E-state index in [0.717, 1.165) is 13.2 Å². The van der Waals surface area contributed by atoms with E-state index in [9.17, 15) is 18.0 Å². The first-order valence-corrected chi connectivity index (χ1v) is 6.60. The fourth-order valence-corrected chi connectivity index (χ4v) is 2.30. The summed E-state index contributed by atoms with van der Waals surface area (Å²) < 4.78 is 44.2. The van der Waals surface area contributed by atoms with Crippen LogP contribution in [-0.4, -0.2) is 12.1 Å². The second-order valence-corrected chi connectivity index (χ2v) is 4.67. The van der Waals surface area contributed by atoms with E-state index in [2.05, 4.69) is 18.1 Å². The quantitative estimate of drug-likeness (QED) is 0.909. The van der Waals surface area contributed by atoms with E-state index in [1.807, 2.05) is 0 Å². The van der Waals surface area contributed by atoms with Crippen LogP contribution in [-0.2, 0) is 6.18 Å². The van der Waals surface area contributed by atoms with E-state index >= 15 is 0 Å². The summed E-state index contributed by atoms with van der Waals surface area (Å²) >= 11 is 0. The van der Waals surface area contributed by atoms with Crippen molar-refractivity contribution in [2.75, 3.05) is 7.11 Å². The van der Waals surface area contributed by atoms with Crippen molar-refractivity contribution >= 4 is 12.2 Å². The fourth-order valence-electron chi connectivity index (χ4n) is 2.30. The molecule has 3 nitrogen and oxygen atoms in total. The molecule has 1 aromatic carbocycles. The largest absolute Gasteiger partial charge is 0.495 e. The van der Waals surface area contributed by atoms with Gasteiger partial charge in [0.1, 0.15) is 5.75 Å². The minimum Gasteiger partial charge on any atom is -0.495 e. The van der Waals surface area contributed by atoms with Gasteiger partial charge in [-0.15, -0.1) is 0 Å². The van der Waals surface area contributed by atoms with Gasteiger partial charge in [0.05, 0.1) is 18.4 Å². The molecule has 0 aliphatic carbocycles. The number of methoxy groups -OCH3 is 1. The molecule has 1 aromatic heterocycles. The van der Waals surface area contributed by atoms with Crippen molar-refractivity contribution in [1.29, 1.82) is 0 Å². The van der Waals surface area contributed by atoms with Crippen LogP contribution in [0.1, 0.15) is 16.8 Å². The van der Waals surface area contributed by atoms with E-state index in [1.165, 1.54) is 30.4 Å². The highest BCUT2D eigenvalue weighted by molar-refractivity contribution is 5.72. The molecule has 0 saturated carbocycles.